The van der Waals surface area contributed by atoms with E-state index in [0.29, 0.717) is 11.8 Å². The second kappa shape index (κ2) is 13.2. The van der Waals surface area contributed by atoms with Gasteiger partial charge in [0.2, 0.25) is 0 Å². The van der Waals surface area contributed by atoms with Crippen LogP contribution in [0, 0.1) is 19.7 Å². The maximum absolute atomic E-state index is 14.8. The zero-order chi connectivity index (χ0) is 31.3. The van der Waals surface area contributed by atoms with Crippen LogP contribution in [0.3, 0.4) is 0 Å². The number of carbonyl (C=O) groups excluding carboxylic acids is 3. The van der Waals surface area contributed by atoms with E-state index in [1.54, 1.807) is 26.1 Å². The summed E-state index contributed by atoms with van der Waals surface area (Å²) >= 11 is 0. The zero-order valence-electron chi connectivity index (χ0n) is 24.5. The molecule has 0 radical (unpaired) electrons. The largest absolute Gasteiger partial charge is 0.339 e. The van der Waals surface area contributed by atoms with Crippen molar-refractivity contribution in [2.75, 3.05) is 22.6 Å². The minimum atomic E-state index is -1.20. The summed E-state index contributed by atoms with van der Waals surface area (Å²) in [5.41, 5.74) is 0.550. The molecule has 1 heterocycles. The number of nitrogens with zero attached hydrogens (tertiary/aromatic N) is 3. The lowest BCUT2D eigenvalue weighted by Crippen LogP contribution is -2.41. The van der Waals surface area contributed by atoms with Gasteiger partial charge in [0, 0.05) is 31.4 Å². The van der Waals surface area contributed by atoms with E-state index in [9.17, 15) is 28.0 Å². The molecule has 4 rings (SSSR count). The third-order valence-electron chi connectivity index (χ3n) is 6.74. The van der Waals surface area contributed by atoms with Gasteiger partial charge in [-0.15, -0.1) is 0 Å². The Balaban J connectivity index is 0.00000237. The number of amides is 3. The number of halogens is 2. The summed E-state index contributed by atoms with van der Waals surface area (Å²) in [7, 11) is 3.05. The molecule has 0 saturated heterocycles. The van der Waals surface area contributed by atoms with Crippen LogP contribution in [0.1, 0.15) is 48.2 Å². The normalized spacial score (nSPS) is 12.0. The van der Waals surface area contributed by atoms with Crippen LogP contribution in [0.2, 0.25) is 0 Å². The van der Waals surface area contributed by atoms with Gasteiger partial charge >= 0.3 is 6.03 Å². The molecule has 1 fully saturated rings. The van der Waals surface area contributed by atoms with Crippen molar-refractivity contribution in [3.05, 3.63) is 87.7 Å². The van der Waals surface area contributed by atoms with Gasteiger partial charge in [-0.1, -0.05) is 32.6 Å². The van der Waals surface area contributed by atoms with Crippen LogP contribution in [0.5, 0.6) is 0 Å². The molecule has 0 atom stereocenters. The summed E-state index contributed by atoms with van der Waals surface area (Å²) in [5, 5.41) is 5.21. The number of urea groups is 1. The second-order valence-corrected chi connectivity index (χ2v) is 9.70. The van der Waals surface area contributed by atoms with Crippen molar-refractivity contribution in [3.8, 4) is 0 Å². The van der Waals surface area contributed by atoms with E-state index in [-0.39, 0.29) is 45.7 Å². The van der Waals surface area contributed by atoms with Crippen LogP contribution in [-0.4, -0.2) is 40.8 Å². The Morgan fingerprint density at radius 2 is 1.79 bits per heavy atom. The van der Waals surface area contributed by atoms with Crippen molar-refractivity contribution >= 4 is 46.8 Å². The Morgan fingerprint density at radius 1 is 1.12 bits per heavy atom. The molecular weight excluding hydrogens is 544 g/mol. The number of anilines is 5. The first-order valence-electron chi connectivity index (χ1n) is 13.5. The molecule has 222 valence electrons. The van der Waals surface area contributed by atoms with Crippen LogP contribution in [0.25, 0.3) is 0 Å². The number of aromatic nitrogens is 1. The standard InChI is InChI=1S/C29H29F2N5O4.C2H6/c1-16-9-12-24(23(31)13-16)33-26-22(15-37)25(17(2)28(39)35(26)5)36(29(40)34(4)20-10-11-20)21-8-6-7-19(14-21)32-27(38)18(3)30;1-2/h6-9,12-15,20,33H,3,10-11H2,1-2,4-5H3,(H,32,38);1-2H3. The third-order valence-corrected chi connectivity index (χ3v) is 6.74. The number of hydrogen-bond donors (Lipinski definition) is 2. The highest BCUT2D eigenvalue weighted by atomic mass is 19.1. The van der Waals surface area contributed by atoms with E-state index >= 15 is 0 Å². The fraction of sp³-hybridized carbons (Fsp3) is 0.290. The van der Waals surface area contributed by atoms with Gasteiger partial charge in [0.05, 0.1) is 22.6 Å². The molecule has 0 unspecified atom stereocenters. The highest BCUT2D eigenvalue weighted by Gasteiger charge is 2.36. The van der Waals surface area contributed by atoms with E-state index in [2.05, 4.69) is 17.2 Å². The van der Waals surface area contributed by atoms with Crippen LogP contribution in [0.4, 0.5) is 42.1 Å². The molecule has 1 saturated carbocycles. The van der Waals surface area contributed by atoms with Crippen molar-refractivity contribution in [2.45, 2.75) is 46.6 Å². The Bertz CT molecular complexity index is 1600. The lowest BCUT2D eigenvalue weighted by molar-refractivity contribution is -0.114. The van der Waals surface area contributed by atoms with Crippen molar-refractivity contribution in [1.82, 2.24) is 9.47 Å². The molecule has 11 heteroatoms. The SMILES string of the molecule is C=C(F)C(=O)Nc1cccc(N(C(=O)N(C)C2CC2)c2c(C=O)c(Nc3ccc(C)cc3F)n(C)c(=O)c2C)c1.CC. The van der Waals surface area contributed by atoms with Gasteiger partial charge in [0.1, 0.15) is 11.6 Å². The van der Waals surface area contributed by atoms with E-state index in [0.717, 1.165) is 12.8 Å². The molecule has 3 amide bonds. The predicted octanol–water partition coefficient (Wildman–Crippen LogP) is 6.50. The molecule has 3 aromatic rings. The Labute approximate surface area is 243 Å². The molecule has 0 spiro atoms. The lowest BCUT2D eigenvalue weighted by atomic mass is 10.1. The fourth-order valence-corrected chi connectivity index (χ4v) is 4.38. The molecule has 1 aliphatic carbocycles. The van der Waals surface area contributed by atoms with E-state index in [1.165, 1.54) is 58.7 Å². The maximum Gasteiger partial charge on any atom is 0.329 e. The summed E-state index contributed by atoms with van der Waals surface area (Å²) in [6.45, 7) is 10.2. The molecular formula is C31H35F2N5O4. The van der Waals surface area contributed by atoms with Gasteiger partial charge in [-0.2, -0.15) is 0 Å². The Hall–Kier alpha value is -4.80. The van der Waals surface area contributed by atoms with Crippen LogP contribution in [-0.2, 0) is 11.8 Å². The number of rotatable bonds is 8. The van der Waals surface area contributed by atoms with Gasteiger partial charge in [-0.05, 0) is 62.6 Å². The fourth-order valence-electron chi connectivity index (χ4n) is 4.38. The van der Waals surface area contributed by atoms with Crippen molar-refractivity contribution in [3.63, 3.8) is 0 Å². The number of aldehydes is 1. The minimum absolute atomic E-state index is 0.0102. The molecule has 2 aromatic carbocycles. The average Bonchev–Trinajstić information content (AvgIpc) is 3.82. The van der Waals surface area contributed by atoms with Crippen molar-refractivity contribution in [2.24, 2.45) is 7.05 Å². The summed E-state index contributed by atoms with van der Waals surface area (Å²) in [5.74, 6) is -2.87. The van der Waals surface area contributed by atoms with E-state index in [1.807, 2.05) is 13.8 Å². The van der Waals surface area contributed by atoms with E-state index in [4.69, 9.17) is 0 Å². The van der Waals surface area contributed by atoms with Gasteiger partial charge in [0.25, 0.3) is 11.5 Å². The summed E-state index contributed by atoms with van der Waals surface area (Å²) in [6.07, 6.45) is 2.08. The number of hydrogen-bond acceptors (Lipinski definition) is 5. The highest BCUT2D eigenvalue weighted by molar-refractivity contribution is 6.07. The smallest absolute Gasteiger partial charge is 0.329 e. The maximum atomic E-state index is 14.8. The van der Waals surface area contributed by atoms with Gasteiger partial charge in [-0.25, -0.2) is 13.6 Å². The number of benzene rings is 2. The van der Waals surface area contributed by atoms with Gasteiger partial charge < -0.3 is 15.5 Å². The van der Waals surface area contributed by atoms with Crippen LogP contribution >= 0.6 is 0 Å². The van der Waals surface area contributed by atoms with Crippen LogP contribution in [0.15, 0.2) is 59.7 Å². The average molecular weight is 580 g/mol. The van der Waals surface area contributed by atoms with Gasteiger partial charge in [0.15, 0.2) is 12.1 Å². The number of pyridine rings is 1. The first-order valence-corrected chi connectivity index (χ1v) is 13.5. The molecule has 0 aliphatic heterocycles. The van der Waals surface area contributed by atoms with Crippen LogP contribution < -0.4 is 21.1 Å². The molecule has 42 heavy (non-hydrogen) atoms. The highest BCUT2D eigenvalue weighted by Crippen LogP contribution is 2.38. The summed E-state index contributed by atoms with van der Waals surface area (Å²) in [4.78, 5) is 54.6. The predicted molar refractivity (Wildman–Crippen MR) is 161 cm³/mol. The first-order chi connectivity index (χ1) is 19.9. The minimum Gasteiger partial charge on any atom is -0.339 e. The molecule has 2 N–H and O–H groups in total. The molecule has 1 aromatic heterocycles. The number of nitrogens with one attached hydrogen (secondary N) is 2. The molecule has 1 aliphatic rings. The second-order valence-electron chi connectivity index (χ2n) is 9.70. The summed E-state index contributed by atoms with van der Waals surface area (Å²) < 4.78 is 29.3. The number of aryl methyl sites for hydroxylation is 1. The van der Waals surface area contributed by atoms with E-state index < -0.39 is 29.1 Å². The topological polar surface area (TPSA) is 104 Å². The molecule has 0 bridgehead atoms. The monoisotopic (exact) mass is 579 g/mol. The summed E-state index contributed by atoms with van der Waals surface area (Å²) in [6, 6.07) is 9.88. The first kappa shape index (κ1) is 31.7. The Kier molecular flexibility index (Phi) is 10.0. The third kappa shape index (κ3) is 6.56. The van der Waals surface area contributed by atoms with Gasteiger partial charge in [-0.3, -0.25) is 23.9 Å². The Morgan fingerprint density at radius 3 is 2.36 bits per heavy atom. The lowest BCUT2D eigenvalue weighted by Gasteiger charge is -2.31. The number of carbonyl (C=O) groups is 3. The van der Waals surface area contributed by atoms with Crippen molar-refractivity contribution in [1.29, 1.82) is 0 Å². The van der Waals surface area contributed by atoms with Crippen molar-refractivity contribution < 1.29 is 23.2 Å². The zero-order valence-corrected chi connectivity index (χ0v) is 24.5. The quantitative estimate of drug-likeness (QED) is 0.234. The molecule has 9 nitrogen and oxygen atoms in total.